The Labute approximate surface area is 83.5 Å². The summed E-state index contributed by atoms with van der Waals surface area (Å²) in [7, 11) is 5.48. The molecular weight excluding hydrogens is 273 g/mol. The summed E-state index contributed by atoms with van der Waals surface area (Å²) in [6.45, 7) is 7.93. The van der Waals surface area contributed by atoms with Crippen molar-refractivity contribution in [1.82, 2.24) is 0 Å². The standard InChI is InChI=1S/C4H9Si8/c1-4(2,3)12-9-6-5-7(9)11(12)8(5)10(6)12/h1-3H3. The van der Waals surface area contributed by atoms with Crippen molar-refractivity contribution in [1.29, 1.82) is 0 Å². The fourth-order valence-corrected chi connectivity index (χ4v) is 638. The van der Waals surface area contributed by atoms with Crippen molar-refractivity contribution in [3.63, 3.8) is 0 Å². The van der Waals surface area contributed by atoms with Gasteiger partial charge in [0.05, 0.1) is 0 Å². The van der Waals surface area contributed by atoms with Gasteiger partial charge in [-0.2, -0.15) is 0 Å². The van der Waals surface area contributed by atoms with Gasteiger partial charge in [-0.25, -0.2) is 0 Å². The monoisotopic (exact) mass is 281 g/mol. The van der Waals surface area contributed by atoms with Crippen LogP contribution in [-0.4, -0.2) is 58.1 Å². The molecule has 0 saturated carbocycles. The SMILES string of the molecule is CC(C)(C)[Si]12[Si]3[Si]4[Si]5[Si]3[Si]1[Si]5[Si]42. The highest BCUT2D eigenvalue weighted by atomic mass is 31.1. The van der Waals surface area contributed by atoms with Crippen molar-refractivity contribution in [2.45, 2.75) is 25.8 Å². The molecule has 7 radical (unpaired) electrons. The quantitative estimate of drug-likeness (QED) is 0.485. The first kappa shape index (κ1) is 7.08. The van der Waals surface area contributed by atoms with Gasteiger partial charge in [0, 0.05) is 58.1 Å². The van der Waals surface area contributed by atoms with E-state index in [9.17, 15) is 0 Å². The Hall–Kier alpha value is 1.74. The molecule has 8 heteroatoms. The average Bonchev–Trinajstić information content (AvgIpc) is 2.03. The third-order valence-electron chi connectivity index (χ3n) is 4.50. The van der Waals surface area contributed by atoms with Gasteiger partial charge >= 0.3 is 0 Å². The second-order valence-corrected chi connectivity index (χ2v) is 88.1. The van der Waals surface area contributed by atoms with E-state index in [1.165, 1.54) is 0 Å². The summed E-state index contributed by atoms with van der Waals surface area (Å²) in [5, 5.41) is 1.01. The molecule has 0 aromatic carbocycles. The third-order valence-corrected chi connectivity index (χ3v) is 263. The highest BCUT2D eigenvalue weighted by Gasteiger charge is 3.08. The summed E-state index contributed by atoms with van der Waals surface area (Å²) in [5.41, 5.74) is 0. The van der Waals surface area contributed by atoms with E-state index in [4.69, 9.17) is 0 Å². The van der Waals surface area contributed by atoms with Crippen LogP contribution in [-0.2, 0) is 0 Å². The van der Waals surface area contributed by atoms with E-state index in [0.29, 0.717) is 0 Å². The maximum atomic E-state index is 2.69. The number of hydrogen-bond acceptors (Lipinski definition) is 0. The first-order valence-electron chi connectivity index (χ1n) is 4.75. The zero-order valence-electron chi connectivity index (χ0n) is 7.50. The predicted molar refractivity (Wildman–Crippen MR) is 65.7 cm³/mol. The molecule has 0 aromatic rings. The molecule has 6 saturated heterocycles. The minimum Gasteiger partial charge on any atom is -0.0634 e. The first-order valence-corrected chi connectivity index (χ1v) is 29.2. The minimum atomic E-state index is -0.145. The van der Waals surface area contributed by atoms with Gasteiger partial charge in [-0.15, -0.1) is 0 Å². The molecule has 0 unspecified atom stereocenters. The van der Waals surface area contributed by atoms with E-state index in [1.54, 1.807) is 0 Å². The maximum absolute atomic E-state index is 2.69. The lowest BCUT2D eigenvalue weighted by atomic mass is 10.3. The summed E-state index contributed by atoms with van der Waals surface area (Å²) in [4.78, 5) is 0. The maximum Gasteiger partial charge on any atom is 0.0176 e. The van der Waals surface area contributed by atoms with Crippen molar-refractivity contribution in [3.05, 3.63) is 0 Å². The fraction of sp³-hybridized carbons (Fsp3) is 1.00. The second-order valence-electron chi connectivity index (χ2n) is 5.62. The Balaban J connectivity index is 1.72. The van der Waals surface area contributed by atoms with Gasteiger partial charge in [0.1, 0.15) is 0 Å². The predicted octanol–water partition coefficient (Wildman–Crippen LogP) is -1.29. The molecule has 6 aliphatic heterocycles. The van der Waals surface area contributed by atoms with E-state index in [1.807, 2.05) is 0 Å². The van der Waals surface area contributed by atoms with Crippen LogP contribution in [0, 0.1) is 0 Å². The zero-order valence-corrected chi connectivity index (χ0v) is 15.5. The Morgan fingerprint density at radius 3 is 1.42 bits per heavy atom. The molecule has 0 bridgehead atoms. The molecular formula is C4H9Si8. The summed E-state index contributed by atoms with van der Waals surface area (Å²) in [6.07, 6.45) is 0. The second kappa shape index (κ2) is 1.45. The highest BCUT2D eigenvalue weighted by Crippen LogP contribution is 2.74. The van der Waals surface area contributed by atoms with E-state index < -0.39 is 0 Å². The fourth-order valence-electron chi connectivity index (χ4n) is 4.12. The molecule has 0 N–H and O–H groups in total. The van der Waals surface area contributed by atoms with Crippen molar-refractivity contribution in [3.8, 4) is 0 Å². The largest absolute Gasteiger partial charge is 0.0634 e. The minimum absolute atomic E-state index is 0.145. The van der Waals surface area contributed by atoms with Crippen LogP contribution >= 0.6 is 0 Å². The van der Waals surface area contributed by atoms with Crippen LogP contribution in [0.15, 0.2) is 0 Å². The molecule has 0 amide bonds. The van der Waals surface area contributed by atoms with Crippen molar-refractivity contribution in [2.24, 2.45) is 0 Å². The lowest BCUT2D eigenvalue weighted by Gasteiger charge is -3.07. The summed E-state index contributed by atoms with van der Waals surface area (Å²) >= 11 is 0. The zero-order chi connectivity index (χ0) is 8.04. The molecule has 6 rings (SSSR count). The van der Waals surface area contributed by atoms with Crippen LogP contribution in [0.25, 0.3) is 0 Å². The molecule has 6 fully saturated rings. The molecule has 6 heterocycles. The van der Waals surface area contributed by atoms with Crippen molar-refractivity contribution in [2.75, 3.05) is 0 Å². The van der Waals surface area contributed by atoms with Gasteiger partial charge in [-0.1, -0.05) is 25.8 Å². The van der Waals surface area contributed by atoms with Crippen LogP contribution < -0.4 is 0 Å². The lowest BCUT2D eigenvalue weighted by molar-refractivity contribution is 0.750. The Morgan fingerprint density at radius 2 is 1.17 bits per heavy atom. The van der Waals surface area contributed by atoms with Gasteiger partial charge < -0.3 is 0 Å². The Kier molecular flexibility index (Phi) is 0.858. The van der Waals surface area contributed by atoms with Gasteiger partial charge in [0.25, 0.3) is 0 Å². The lowest BCUT2D eigenvalue weighted by Crippen LogP contribution is -3.43. The normalized spacial score (nSPS) is 44.2. The van der Waals surface area contributed by atoms with Crippen molar-refractivity contribution >= 4 is 58.1 Å². The summed E-state index contributed by atoms with van der Waals surface area (Å²) in [6, 6.07) is 0. The molecule has 57 valence electrons. The molecule has 0 atom stereocenters. The summed E-state index contributed by atoms with van der Waals surface area (Å²) in [5.74, 6) is 0. The van der Waals surface area contributed by atoms with E-state index in [2.05, 4.69) is 20.8 Å². The van der Waals surface area contributed by atoms with Crippen LogP contribution in [0.1, 0.15) is 20.8 Å². The smallest absolute Gasteiger partial charge is 0.0176 e. The summed E-state index contributed by atoms with van der Waals surface area (Å²) < 4.78 is 0. The topological polar surface area (TPSA) is 0 Å². The molecule has 0 aliphatic carbocycles. The van der Waals surface area contributed by atoms with Crippen LogP contribution in [0.2, 0.25) is 5.04 Å². The first-order chi connectivity index (χ1) is 5.62. The van der Waals surface area contributed by atoms with E-state index in [-0.39, 0.29) is 6.63 Å². The van der Waals surface area contributed by atoms with Crippen LogP contribution in [0.4, 0.5) is 0 Å². The molecule has 0 aromatic heterocycles. The Bertz CT molecular complexity index is 280. The van der Waals surface area contributed by atoms with Gasteiger partial charge in [-0.3, -0.25) is 0 Å². The molecule has 0 spiro atoms. The average molecular weight is 282 g/mol. The van der Waals surface area contributed by atoms with E-state index in [0.717, 1.165) is 56.5 Å². The van der Waals surface area contributed by atoms with Crippen LogP contribution in [0.3, 0.4) is 0 Å². The van der Waals surface area contributed by atoms with Crippen molar-refractivity contribution < 1.29 is 0 Å². The van der Waals surface area contributed by atoms with Gasteiger partial charge in [-0.05, 0) is 0 Å². The third kappa shape index (κ3) is 0.323. The molecule has 6 aliphatic rings. The van der Waals surface area contributed by atoms with E-state index >= 15 is 0 Å². The Morgan fingerprint density at radius 1 is 0.750 bits per heavy atom. The number of hydrogen-bond donors (Lipinski definition) is 0. The number of rotatable bonds is 0. The molecule has 0 nitrogen and oxygen atoms in total. The van der Waals surface area contributed by atoms with Gasteiger partial charge in [0.15, 0.2) is 0 Å². The van der Waals surface area contributed by atoms with Crippen LogP contribution in [0.5, 0.6) is 0 Å². The molecule has 12 heavy (non-hydrogen) atoms. The highest BCUT2D eigenvalue weighted by molar-refractivity contribution is 8.78. The van der Waals surface area contributed by atoms with Gasteiger partial charge in [0.2, 0.25) is 0 Å².